The number of aliphatic hydroxyl groups is 1. The lowest BCUT2D eigenvalue weighted by molar-refractivity contribution is 0.238. The Kier molecular flexibility index (Phi) is 1.99. The van der Waals surface area contributed by atoms with E-state index in [4.69, 9.17) is 10.8 Å². The third-order valence-electron chi connectivity index (χ3n) is 0.807. The van der Waals surface area contributed by atoms with Crippen LogP contribution in [0.5, 0.6) is 0 Å². The van der Waals surface area contributed by atoms with Crippen molar-refractivity contribution in [2.75, 3.05) is 6.61 Å². The Hall–Kier alpha value is -0.340. The normalized spacial score (nSPS) is 18.1. The van der Waals surface area contributed by atoms with Crippen molar-refractivity contribution in [3.05, 3.63) is 12.7 Å². The van der Waals surface area contributed by atoms with E-state index in [9.17, 15) is 0 Å². The Labute approximate surface area is 43.6 Å². The summed E-state index contributed by atoms with van der Waals surface area (Å²) < 4.78 is 0. The van der Waals surface area contributed by atoms with Crippen molar-refractivity contribution in [1.29, 1.82) is 0 Å². The van der Waals surface area contributed by atoms with Crippen LogP contribution in [0.15, 0.2) is 12.7 Å². The molecule has 0 aromatic carbocycles. The maximum atomic E-state index is 8.40. The third-order valence-corrected chi connectivity index (χ3v) is 0.807. The van der Waals surface area contributed by atoms with E-state index >= 15 is 0 Å². The standard InChI is InChI=1S/C5H11NO/c1-3-5(2,6)4-7/h3,7H,1,4,6H2,2H3/t5-/m0/s1. The average molecular weight is 101 g/mol. The largest absolute Gasteiger partial charge is 0.394 e. The van der Waals surface area contributed by atoms with E-state index in [1.165, 1.54) is 6.08 Å². The quantitative estimate of drug-likeness (QED) is 0.476. The number of rotatable bonds is 2. The molecule has 0 aliphatic heterocycles. The highest BCUT2D eigenvalue weighted by Crippen LogP contribution is 1.94. The molecule has 0 rings (SSSR count). The Morgan fingerprint density at radius 1 is 2.00 bits per heavy atom. The molecule has 3 N–H and O–H groups in total. The third kappa shape index (κ3) is 2.37. The molecule has 0 saturated heterocycles. The smallest absolute Gasteiger partial charge is 0.0644 e. The van der Waals surface area contributed by atoms with Crippen LogP contribution in [0.3, 0.4) is 0 Å². The van der Waals surface area contributed by atoms with Crippen molar-refractivity contribution in [3.8, 4) is 0 Å². The molecule has 0 bridgehead atoms. The van der Waals surface area contributed by atoms with Gasteiger partial charge < -0.3 is 10.8 Å². The van der Waals surface area contributed by atoms with Crippen LogP contribution in [0.2, 0.25) is 0 Å². The zero-order valence-electron chi connectivity index (χ0n) is 4.52. The number of hydrogen-bond donors (Lipinski definition) is 2. The van der Waals surface area contributed by atoms with E-state index in [1.54, 1.807) is 6.92 Å². The fraction of sp³-hybridized carbons (Fsp3) is 0.600. The number of aliphatic hydroxyl groups excluding tert-OH is 1. The molecule has 0 aliphatic carbocycles. The molecule has 0 radical (unpaired) electrons. The van der Waals surface area contributed by atoms with E-state index in [1.807, 2.05) is 0 Å². The van der Waals surface area contributed by atoms with Gasteiger partial charge in [0.2, 0.25) is 0 Å². The molecule has 0 amide bonds. The van der Waals surface area contributed by atoms with Crippen molar-refractivity contribution in [1.82, 2.24) is 0 Å². The number of hydrogen-bond acceptors (Lipinski definition) is 2. The summed E-state index contributed by atoms with van der Waals surface area (Å²) >= 11 is 0. The van der Waals surface area contributed by atoms with Crippen LogP contribution in [0, 0.1) is 0 Å². The lowest BCUT2D eigenvalue weighted by Gasteiger charge is -2.14. The highest BCUT2D eigenvalue weighted by atomic mass is 16.3. The zero-order valence-corrected chi connectivity index (χ0v) is 4.52. The molecule has 0 aromatic rings. The van der Waals surface area contributed by atoms with Gasteiger partial charge in [0.1, 0.15) is 0 Å². The van der Waals surface area contributed by atoms with E-state index in [0.29, 0.717) is 0 Å². The molecule has 2 nitrogen and oxygen atoms in total. The van der Waals surface area contributed by atoms with Crippen LogP contribution in [-0.2, 0) is 0 Å². The summed E-state index contributed by atoms with van der Waals surface area (Å²) in [6.07, 6.45) is 1.52. The maximum Gasteiger partial charge on any atom is 0.0644 e. The van der Waals surface area contributed by atoms with Gasteiger partial charge in [-0.2, -0.15) is 0 Å². The first-order chi connectivity index (χ1) is 3.12. The fourth-order valence-electron chi connectivity index (χ4n) is 0.0645. The summed E-state index contributed by atoms with van der Waals surface area (Å²) in [5.74, 6) is 0. The average Bonchev–Trinajstić information content (AvgIpc) is 1.68. The van der Waals surface area contributed by atoms with Crippen LogP contribution in [0.25, 0.3) is 0 Å². The van der Waals surface area contributed by atoms with Crippen LogP contribution in [-0.4, -0.2) is 17.3 Å². The van der Waals surface area contributed by atoms with Gasteiger partial charge in [-0.05, 0) is 6.92 Å². The Bertz CT molecular complexity index is 68.5. The van der Waals surface area contributed by atoms with Gasteiger partial charge in [0, 0.05) is 0 Å². The molecule has 2 heteroatoms. The van der Waals surface area contributed by atoms with E-state index in [0.717, 1.165) is 0 Å². The first-order valence-corrected chi connectivity index (χ1v) is 2.16. The molecule has 7 heavy (non-hydrogen) atoms. The lowest BCUT2D eigenvalue weighted by atomic mass is 10.1. The van der Waals surface area contributed by atoms with E-state index in [-0.39, 0.29) is 6.61 Å². The summed E-state index contributed by atoms with van der Waals surface area (Å²) in [4.78, 5) is 0. The second-order valence-corrected chi connectivity index (χ2v) is 1.87. The first kappa shape index (κ1) is 6.66. The Morgan fingerprint density at radius 2 is 2.43 bits per heavy atom. The summed E-state index contributed by atoms with van der Waals surface area (Å²) in [5, 5.41) is 8.40. The van der Waals surface area contributed by atoms with Crippen LogP contribution < -0.4 is 5.73 Å². The highest BCUT2D eigenvalue weighted by molar-refractivity contribution is 4.95. The second-order valence-electron chi connectivity index (χ2n) is 1.87. The van der Waals surface area contributed by atoms with Crippen molar-refractivity contribution >= 4 is 0 Å². The van der Waals surface area contributed by atoms with Gasteiger partial charge >= 0.3 is 0 Å². The SMILES string of the molecule is C=C[C@](C)(N)CO. The summed E-state index contributed by atoms with van der Waals surface area (Å²) in [6.45, 7) is 5.08. The van der Waals surface area contributed by atoms with Crippen LogP contribution >= 0.6 is 0 Å². The summed E-state index contributed by atoms with van der Waals surface area (Å²) in [5.41, 5.74) is 4.75. The van der Waals surface area contributed by atoms with E-state index in [2.05, 4.69) is 6.58 Å². The monoisotopic (exact) mass is 101 g/mol. The number of nitrogens with two attached hydrogens (primary N) is 1. The van der Waals surface area contributed by atoms with Crippen LogP contribution in [0.1, 0.15) is 6.92 Å². The van der Waals surface area contributed by atoms with E-state index < -0.39 is 5.54 Å². The van der Waals surface area contributed by atoms with Gasteiger partial charge in [-0.1, -0.05) is 6.08 Å². The Balaban J connectivity index is 3.58. The van der Waals surface area contributed by atoms with Crippen molar-refractivity contribution in [2.24, 2.45) is 5.73 Å². The van der Waals surface area contributed by atoms with Gasteiger partial charge in [0.15, 0.2) is 0 Å². The van der Waals surface area contributed by atoms with Gasteiger partial charge in [0.25, 0.3) is 0 Å². The molecule has 0 saturated carbocycles. The minimum Gasteiger partial charge on any atom is -0.394 e. The molecular weight excluding hydrogens is 90.1 g/mol. The topological polar surface area (TPSA) is 46.2 Å². The van der Waals surface area contributed by atoms with Gasteiger partial charge in [-0.25, -0.2) is 0 Å². The minimum absolute atomic E-state index is 0.0451. The molecule has 0 heterocycles. The zero-order chi connectivity index (χ0) is 5.91. The van der Waals surface area contributed by atoms with Gasteiger partial charge in [-0.15, -0.1) is 6.58 Å². The predicted octanol–water partition coefficient (Wildman–Crippen LogP) is -0.118. The van der Waals surface area contributed by atoms with Gasteiger partial charge in [-0.3, -0.25) is 0 Å². The highest BCUT2D eigenvalue weighted by Gasteiger charge is 2.08. The summed E-state index contributed by atoms with van der Waals surface area (Å²) in [7, 11) is 0. The molecule has 1 atom stereocenters. The molecule has 0 unspecified atom stereocenters. The summed E-state index contributed by atoms with van der Waals surface area (Å²) in [6, 6.07) is 0. The van der Waals surface area contributed by atoms with Crippen LogP contribution in [0.4, 0.5) is 0 Å². The fourth-order valence-corrected chi connectivity index (χ4v) is 0.0645. The molecule has 0 fully saturated rings. The van der Waals surface area contributed by atoms with Crippen molar-refractivity contribution in [3.63, 3.8) is 0 Å². The first-order valence-electron chi connectivity index (χ1n) is 2.16. The molecular formula is C5H11NO. The molecule has 0 aliphatic rings. The predicted molar refractivity (Wildman–Crippen MR) is 29.9 cm³/mol. The lowest BCUT2D eigenvalue weighted by Crippen LogP contribution is -2.37. The Morgan fingerprint density at radius 3 is 2.43 bits per heavy atom. The molecule has 42 valence electrons. The van der Waals surface area contributed by atoms with Crippen molar-refractivity contribution in [2.45, 2.75) is 12.5 Å². The second kappa shape index (κ2) is 2.09. The maximum absolute atomic E-state index is 8.40. The minimum atomic E-state index is -0.597. The molecule has 0 spiro atoms. The van der Waals surface area contributed by atoms with Gasteiger partial charge in [0.05, 0.1) is 12.1 Å². The molecule has 0 aromatic heterocycles. The van der Waals surface area contributed by atoms with Crippen molar-refractivity contribution < 1.29 is 5.11 Å².